The van der Waals surface area contributed by atoms with Crippen LogP contribution in [-0.2, 0) is 9.47 Å². The topological polar surface area (TPSA) is 43.6 Å². The first-order valence-corrected chi connectivity index (χ1v) is 7.73. The van der Waals surface area contributed by atoms with Gasteiger partial charge < -0.3 is 19.2 Å². The summed E-state index contributed by atoms with van der Waals surface area (Å²) in [6, 6.07) is 2.34. The molecule has 0 aliphatic carbocycles. The van der Waals surface area contributed by atoms with Crippen LogP contribution in [0.1, 0.15) is 43.6 Å². The average molecular weight is 279 g/mol. The maximum atomic E-state index is 6.05. The van der Waals surface area contributed by atoms with E-state index in [0.29, 0.717) is 5.92 Å². The third-order valence-electron chi connectivity index (χ3n) is 4.68. The maximum Gasteiger partial charge on any atom is 0.123 e. The van der Waals surface area contributed by atoms with Gasteiger partial charge >= 0.3 is 0 Å². The summed E-state index contributed by atoms with van der Waals surface area (Å²) in [6.45, 7) is 7.63. The number of aryl methyl sites for hydroxylation is 1. The van der Waals surface area contributed by atoms with Gasteiger partial charge in [0.2, 0.25) is 0 Å². The van der Waals surface area contributed by atoms with Gasteiger partial charge in [0.1, 0.15) is 5.76 Å². The van der Waals surface area contributed by atoms with Gasteiger partial charge in [0.25, 0.3) is 0 Å². The fourth-order valence-corrected chi connectivity index (χ4v) is 3.61. The Morgan fingerprint density at radius 3 is 3.00 bits per heavy atom. The standard InChI is InChI=1S/C16H25NO3/c1-3-17-14(15-12(2)4-7-19-15)13-5-8-20-16(10-13)6-9-18-11-16/h4,7,13-14,17H,3,5-6,8-11H2,1-2H3. The quantitative estimate of drug-likeness (QED) is 0.920. The molecule has 2 fully saturated rings. The van der Waals surface area contributed by atoms with Gasteiger partial charge in [-0.25, -0.2) is 0 Å². The number of ether oxygens (including phenoxy) is 2. The molecule has 0 bridgehead atoms. The minimum absolute atomic E-state index is 0.0446. The second-order valence-corrected chi connectivity index (χ2v) is 6.09. The molecule has 1 aromatic rings. The summed E-state index contributed by atoms with van der Waals surface area (Å²) >= 11 is 0. The van der Waals surface area contributed by atoms with E-state index in [1.807, 2.05) is 6.07 Å². The number of furan rings is 1. The van der Waals surface area contributed by atoms with Crippen molar-refractivity contribution in [1.29, 1.82) is 0 Å². The molecular weight excluding hydrogens is 254 g/mol. The monoisotopic (exact) mass is 279 g/mol. The molecule has 2 saturated heterocycles. The van der Waals surface area contributed by atoms with Crippen LogP contribution in [0.3, 0.4) is 0 Å². The molecule has 112 valence electrons. The van der Waals surface area contributed by atoms with E-state index in [1.165, 1.54) is 5.56 Å². The first-order valence-electron chi connectivity index (χ1n) is 7.73. The Labute approximate surface area is 120 Å². The van der Waals surface area contributed by atoms with Crippen LogP contribution in [0.25, 0.3) is 0 Å². The summed E-state index contributed by atoms with van der Waals surface area (Å²) in [4.78, 5) is 0. The average Bonchev–Trinajstić information content (AvgIpc) is 3.06. The highest BCUT2D eigenvalue weighted by atomic mass is 16.6. The van der Waals surface area contributed by atoms with Crippen LogP contribution in [0.5, 0.6) is 0 Å². The summed E-state index contributed by atoms with van der Waals surface area (Å²) in [5.74, 6) is 1.64. The summed E-state index contributed by atoms with van der Waals surface area (Å²) in [5, 5.41) is 3.61. The van der Waals surface area contributed by atoms with Crippen molar-refractivity contribution in [1.82, 2.24) is 5.32 Å². The first kappa shape index (κ1) is 14.1. The van der Waals surface area contributed by atoms with Crippen LogP contribution in [0, 0.1) is 12.8 Å². The Bertz CT molecular complexity index is 437. The second kappa shape index (κ2) is 5.88. The van der Waals surface area contributed by atoms with Crippen molar-refractivity contribution in [3.63, 3.8) is 0 Å². The zero-order valence-corrected chi connectivity index (χ0v) is 12.5. The van der Waals surface area contributed by atoms with Gasteiger partial charge in [-0.15, -0.1) is 0 Å². The Morgan fingerprint density at radius 1 is 1.45 bits per heavy atom. The molecule has 4 heteroatoms. The molecule has 0 amide bonds. The second-order valence-electron chi connectivity index (χ2n) is 6.09. The highest BCUT2D eigenvalue weighted by Gasteiger charge is 2.43. The lowest BCUT2D eigenvalue weighted by Crippen LogP contribution is -2.44. The Balaban J connectivity index is 1.79. The molecule has 1 spiro atoms. The van der Waals surface area contributed by atoms with Crippen LogP contribution >= 0.6 is 0 Å². The van der Waals surface area contributed by atoms with Crippen molar-refractivity contribution in [2.24, 2.45) is 5.92 Å². The highest BCUT2D eigenvalue weighted by molar-refractivity contribution is 5.19. The third kappa shape index (κ3) is 2.65. The van der Waals surface area contributed by atoms with Gasteiger partial charge in [-0.05, 0) is 43.9 Å². The number of hydrogen-bond donors (Lipinski definition) is 1. The number of nitrogens with one attached hydrogen (secondary N) is 1. The van der Waals surface area contributed by atoms with Crippen molar-refractivity contribution >= 4 is 0 Å². The summed E-state index contributed by atoms with van der Waals surface area (Å²) in [6.07, 6.45) is 4.96. The maximum absolute atomic E-state index is 6.05. The summed E-state index contributed by atoms with van der Waals surface area (Å²) < 4.78 is 17.4. The summed E-state index contributed by atoms with van der Waals surface area (Å²) in [5.41, 5.74) is 1.19. The van der Waals surface area contributed by atoms with E-state index < -0.39 is 0 Å². The van der Waals surface area contributed by atoms with Gasteiger partial charge in [0.15, 0.2) is 0 Å². The largest absolute Gasteiger partial charge is 0.467 e. The van der Waals surface area contributed by atoms with E-state index in [9.17, 15) is 0 Å². The lowest BCUT2D eigenvalue weighted by atomic mass is 9.80. The van der Waals surface area contributed by atoms with Gasteiger partial charge in [0.05, 0.1) is 24.5 Å². The minimum Gasteiger partial charge on any atom is -0.467 e. The van der Waals surface area contributed by atoms with E-state index in [2.05, 4.69) is 19.2 Å². The molecular formula is C16H25NO3. The lowest BCUT2D eigenvalue weighted by Gasteiger charge is -2.40. The molecule has 3 unspecified atom stereocenters. The number of hydrogen-bond acceptors (Lipinski definition) is 4. The van der Waals surface area contributed by atoms with Crippen LogP contribution in [-0.4, -0.2) is 32.0 Å². The Morgan fingerprint density at radius 2 is 2.35 bits per heavy atom. The molecule has 2 aliphatic heterocycles. The Hall–Kier alpha value is -0.840. The van der Waals surface area contributed by atoms with E-state index in [4.69, 9.17) is 13.9 Å². The molecule has 2 aliphatic rings. The zero-order valence-electron chi connectivity index (χ0n) is 12.5. The van der Waals surface area contributed by atoms with Gasteiger partial charge in [-0.3, -0.25) is 0 Å². The van der Waals surface area contributed by atoms with E-state index in [1.54, 1.807) is 6.26 Å². The van der Waals surface area contributed by atoms with Gasteiger partial charge in [-0.1, -0.05) is 6.92 Å². The highest BCUT2D eigenvalue weighted by Crippen LogP contribution is 2.41. The van der Waals surface area contributed by atoms with Crippen molar-refractivity contribution < 1.29 is 13.9 Å². The van der Waals surface area contributed by atoms with E-state index in [-0.39, 0.29) is 11.6 Å². The normalized spacial score (nSPS) is 31.8. The lowest BCUT2D eigenvalue weighted by molar-refractivity contribution is -0.104. The van der Waals surface area contributed by atoms with E-state index >= 15 is 0 Å². The van der Waals surface area contributed by atoms with Crippen LogP contribution < -0.4 is 5.32 Å². The third-order valence-corrected chi connectivity index (χ3v) is 4.68. The molecule has 1 aromatic heterocycles. The van der Waals surface area contributed by atoms with Crippen molar-refractivity contribution in [2.75, 3.05) is 26.4 Å². The molecule has 1 N–H and O–H groups in total. The number of rotatable bonds is 4. The van der Waals surface area contributed by atoms with Crippen molar-refractivity contribution in [2.45, 2.75) is 44.8 Å². The molecule has 20 heavy (non-hydrogen) atoms. The van der Waals surface area contributed by atoms with Gasteiger partial charge in [-0.2, -0.15) is 0 Å². The molecule has 3 heterocycles. The van der Waals surface area contributed by atoms with Gasteiger partial charge in [0, 0.05) is 19.6 Å². The Kier molecular flexibility index (Phi) is 4.15. The van der Waals surface area contributed by atoms with Crippen molar-refractivity contribution in [3.8, 4) is 0 Å². The zero-order chi connectivity index (χ0) is 14.0. The fourth-order valence-electron chi connectivity index (χ4n) is 3.61. The molecule has 0 saturated carbocycles. The first-order chi connectivity index (χ1) is 9.74. The molecule has 3 rings (SSSR count). The SMILES string of the molecule is CCNC(c1occc1C)C1CCOC2(CCOC2)C1. The van der Waals surface area contributed by atoms with Crippen LogP contribution in [0.4, 0.5) is 0 Å². The van der Waals surface area contributed by atoms with E-state index in [0.717, 1.165) is 51.4 Å². The van der Waals surface area contributed by atoms with Crippen molar-refractivity contribution in [3.05, 3.63) is 23.7 Å². The van der Waals surface area contributed by atoms with Crippen LogP contribution in [0.2, 0.25) is 0 Å². The predicted octanol–water partition coefficient (Wildman–Crippen LogP) is 2.82. The molecule has 4 nitrogen and oxygen atoms in total. The molecule has 0 radical (unpaired) electrons. The predicted molar refractivity (Wildman–Crippen MR) is 76.7 cm³/mol. The minimum atomic E-state index is -0.0446. The smallest absolute Gasteiger partial charge is 0.123 e. The fraction of sp³-hybridized carbons (Fsp3) is 0.750. The molecule has 0 aromatic carbocycles. The molecule has 3 atom stereocenters. The van der Waals surface area contributed by atoms with Crippen LogP contribution in [0.15, 0.2) is 16.7 Å². The summed E-state index contributed by atoms with van der Waals surface area (Å²) in [7, 11) is 0.